The van der Waals surface area contributed by atoms with E-state index in [1.165, 1.54) is 6.07 Å². The lowest BCUT2D eigenvalue weighted by Crippen LogP contribution is -2.32. The average molecular weight is 332 g/mol. The lowest BCUT2D eigenvalue weighted by molar-refractivity contribution is -0.384. The van der Waals surface area contributed by atoms with Crippen LogP contribution in [-0.2, 0) is 10.0 Å². The van der Waals surface area contributed by atoms with Crippen molar-refractivity contribution in [2.24, 2.45) is 5.84 Å². The molecular formula is C11H16N4O4S2. The van der Waals surface area contributed by atoms with Crippen LogP contribution in [0.4, 0.5) is 11.4 Å². The van der Waals surface area contributed by atoms with Gasteiger partial charge in [0.1, 0.15) is 4.90 Å². The van der Waals surface area contributed by atoms with Crippen LogP contribution < -0.4 is 16.0 Å². The number of nitro benzene ring substituents is 1. The van der Waals surface area contributed by atoms with Gasteiger partial charge in [0.05, 0.1) is 10.6 Å². The second kappa shape index (κ2) is 5.79. The Morgan fingerprint density at radius 2 is 2.14 bits per heavy atom. The number of nitro groups is 1. The van der Waals surface area contributed by atoms with Crippen molar-refractivity contribution in [2.45, 2.75) is 22.5 Å². The highest BCUT2D eigenvalue weighted by molar-refractivity contribution is 8.00. The summed E-state index contributed by atoms with van der Waals surface area (Å²) in [5, 5.41) is 10.7. The van der Waals surface area contributed by atoms with Crippen LogP contribution in [0, 0.1) is 10.1 Å². The number of rotatable bonds is 7. The van der Waals surface area contributed by atoms with Crippen LogP contribution in [0.25, 0.3) is 0 Å². The molecule has 21 heavy (non-hydrogen) atoms. The molecule has 8 nitrogen and oxygen atoms in total. The molecule has 1 saturated carbocycles. The minimum Gasteiger partial charge on any atom is -0.323 e. The van der Waals surface area contributed by atoms with E-state index in [-0.39, 0.29) is 21.0 Å². The molecule has 0 aromatic heterocycles. The molecule has 0 unspecified atom stereocenters. The van der Waals surface area contributed by atoms with Gasteiger partial charge in [0.2, 0.25) is 10.0 Å². The topological polar surface area (TPSA) is 127 Å². The zero-order valence-electron chi connectivity index (χ0n) is 11.3. The first-order valence-electron chi connectivity index (χ1n) is 6.13. The molecule has 116 valence electrons. The standard InChI is InChI=1S/C11H16N4O4S2/c1-20-11(4-5-11)7-13-21(18,19)10-3-2-8(15(16)17)6-9(10)14-12/h2-3,6,13-14H,4-5,7,12H2,1H3. The number of nitrogens with two attached hydrogens (primary N) is 1. The summed E-state index contributed by atoms with van der Waals surface area (Å²) in [6.45, 7) is 0.331. The Bertz CT molecular complexity index is 658. The Morgan fingerprint density at radius 1 is 1.48 bits per heavy atom. The minimum absolute atomic E-state index is 0.00861. The number of hydrazine groups is 1. The second-order valence-corrected chi connectivity index (χ2v) is 7.80. The fourth-order valence-corrected chi connectivity index (χ4v) is 3.97. The van der Waals surface area contributed by atoms with Crippen molar-refractivity contribution in [3.63, 3.8) is 0 Å². The molecular weight excluding hydrogens is 316 g/mol. The summed E-state index contributed by atoms with van der Waals surface area (Å²) in [7, 11) is -3.78. The van der Waals surface area contributed by atoms with Crippen LogP contribution >= 0.6 is 11.8 Å². The molecule has 2 rings (SSSR count). The highest BCUT2D eigenvalue weighted by Crippen LogP contribution is 2.46. The number of nitrogen functional groups attached to an aromatic ring is 1. The summed E-state index contributed by atoms with van der Waals surface area (Å²) in [5.74, 6) is 5.27. The van der Waals surface area contributed by atoms with Crippen molar-refractivity contribution in [2.75, 3.05) is 18.2 Å². The monoisotopic (exact) mass is 332 g/mol. The SMILES string of the molecule is CSC1(CNS(=O)(=O)c2ccc([N+](=O)[O-])cc2NN)CC1. The van der Waals surface area contributed by atoms with Crippen molar-refractivity contribution in [1.82, 2.24) is 4.72 Å². The van der Waals surface area contributed by atoms with Gasteiger partial charge in [-0.1, -0.05) is 0 Å². The Morgan fingerprint density at radius 3 is 2.62 bits per heavy atom. The van der Waals surface area contributed by atoms with Gasteiger partial charge in [-0.3, -0.25) is 16.0 Å². The molecule has 4 N–H and O–H groups in total. The molecule has 0 spiro atoms. The van der Waals surface area contributed by atoms with Crippen LogP contribution in [0.5, 0.6) is 0 Å². The third kappa shape index (κ3) is 3.46. The van der Waals surface area contributed by atoms with Crippen molar-refractivity contribution in [3.8, 4) is 0 Å². The number of benzene rings is 1. The number of nitrogens with zero attached hydrogens (tertiary/aromatic N) is 1. The number of hydrogen-bond donors (Lipinski definition) is 3. The second-order valence-electron chi connectivity index (χ2n) is 4.79. The van der Waals surface area contributed by atoms with Gasteiger partial charge in [-0.05, 0) is 25.2 Å². The lowest BCUT2D eigenvalue weighted by atomic mass is 10.3. The summed E-state index contributed by atoms with van der Waals surface area (Å²) >= 11 is 1.63. The smallest absolute Gasteiger partial charge is 0.271 e. The van der Waals surface area contributed by atoms with E-state index in [4.69, 9.17) is 5.84 Å². The summed E-state index contributed by atoms with van der Waals surface area (Å²) in [4.78, 5) is 9.99. The van der Waals surface area contributed by atoms with E-state index in [1.54, 1.807) is 11.8 Å². The fourth-order valence-electron chi connectivity index (χ4n) is 1.88. The highest BCUT2D eigenvalue weighted by atomic mass is 32.2. The molecule has 0 atom stereocenters. The molecule has 10 heteroatoms. The Kier molecular flexibility index (Phi) is 4.42. The molecule has 0 heterocycles. The van der Waals surface area contributed by atoms with Crippen molar-refractivity contribution in [3.05, 3.63) is 28.3 Å². The molecule has 0 amide bonds. The molecule has 1 aliphatic carbocycles. The third-order valence-corrected chi connectivity index (χ3v) is 6.32. The first kappa shape index (κ1) is 16.0. The van der Waals surface area contributed by atoms with Gasteiger partial charge in [-0.2, -0.15) is 11.8 Å². The van der Waals surface area contributed by atoms with E-state index >= 15 is 0 Å². The van der Waals surface area contributed by atoms with E-state index in [9.17, 15) is 18.5 Å². The predicted octanol–water partition coefficient (Wildman–Crippen LogP) is 1.05. The normalized spacial score (nSPS) is 16.5. The Balaban J connectivity index is 2.25. The molecule has 0 saturated heterocycles. The van der Waals surface area contributed by atoms with Crippen LogP contribution in [0.3, 0.4) is 0 Å². The molecule has 1 aromatic carbocycles. The van der Waals surface area contributed by atoms with Crippen molar-refractivity contribution in [1.29, 1.82) is 0 Å². The van der Waals surface area contributed by atoms with Crippen LogP contribution in [-0.4, -0.2) is 30.9 Å². The maximum absolute atomic E-state index is 12.3. The number of anilines is 1. The van der Waals surface area contributed by atoms with Crippen LogP contribution in [0.15, 0.2) is 23.1 Å². The minimum atomic E-state index is -3.78. The molecule has 0 aliphatic heterocycles. The largest absolute Gasteiger partial charge is 0.323 e. The number of thioether (sulfide) groups is 1. The number of sulfonamides is 1. The first-order chi connectivity index (χ1) is 9.83. The fraction of sp³-hybridized carbons (Fsp3) is 0.455. The average Bonchev–Trinajstić information content (AvgIpc) is 3.25. The zero-order valence-corrected chi connectivity index (χ0v) is 13.0. The van der Waals surface area contributed by atoms with E-state index in [2.05, 4.69) is 10.1 Å². The van der Waals surface area contributed by atoms with E-state index < -0.39 is 14.9 Å². The van der Waals surface area contributed by atoms with E-state index in [0.717, 1.165) is 25.0 Å². The van der Waals surface area contributed by atoms with Crippen LogP contribution in [0.2, 0.25) is 0 Å². The lowest BCUT2D eigenvalue weighted by Gasteiger charge is -2.15. The first-order valence-corrected chi connectivity index (χ1v) is 8.84. The highest BCUT2D eigenvalue weighted by Gasteiger charge is 2.42. The van der Waals surface area contributed by atoms with Crippen molar-refractivity contribution >= 4 is 33.2 Å². The predicted molar refractivity (Wildman–Crippen MR) is 81.6 cm³/mol. The summed E-state index contributed by atoms with van der Waals surface area (Å²) in [6.07, 6.45) is 3.89. The maximum atomic E-state index is 12.3. The Labute approximate surface area is 126 Å². The summed E-state index contributed by atoms with van der Waals surface area (Å²) < 4.78 is 27.1. The summed E-state index contributed by atoms with van der Waals surface area (Å²) in [6, 6.07) is 3.40. The van der Waals surface area contributed by atoms with Gasteiger partial charge in [0.25, 0.3) is 5.69 Å². The molecule has 1 fully saturated rings. The van der Waals surface area contributed by atoms with Gasteiger partial charge < -0.3 is 5.43 Å². The number of hydrogen-bond acceptors (Lipinski definition) is 7. The third-order valence-electron chi connectivity index (χ3n) is 3.44. The maximum Gasteiger partial charge on any atom is 0.271 e. The van der Waals surface area contributed by atoms with Crippen LogP contribution in [0.1, 0.15) is 12.8 Å². The van der Waals surface area contributed by atoms with Gasteiger partial charge in [0.15, 0.2) is 0 Å². The van der Waals surface area contributed by atoms with Gasteiger partial charge in [-0.15, -0.1) is 0 Å². The quantitative estimate of drug-likeness (QED) is 0.387. The van der Waals surface area contributed by atoms with Gasteiger partial charge in [-0.25, -0.2) is 13.1 Å². The molecule has 0 bridgehead atoms. The number of nitrogens with one attached hydrogen (secondary N) is 2. The van der Waals surface area contributed by atoms with Gasteiger partial charge >= 0.3 is 0 Å². The molecule has 1 aliphatic rings. The molecule has 0 radical (unpaired) electrons. The Hall–Kier alpha value is -1.36. The number of non-ortho nitro benzene ring substituents is 1. The molecule has 1 aromatic rings. The van der Waals surface area contributed by atoms with Crippen molar-refractivity contribution < 1.29 is 13.3 Å². The zero-order chi connectivity index (χ0) is 15.7. The van der Waals surface area contributed by atoms with Gasteiger partial charge in [0, 0.05) is 23.4 Å². The van der Waals surface area contributed by atoms with E-state index in [0.29, 0.717) is 6.54 Å². The van der Waals surface area contributed by atoms with E-state index in [1.807, 2.05) is 6.26 Å². The summed E-state index contributed by atoms with van der Waals surface area (Å²) in [5.41, 5.74) is 1.95.